The molecular formula is C20H12ClFN2O3S2. The highest BCUT2D eigenvalue weighted by molar-refractivity contribution is 8.26. The average molecular weight is 447 g/mol. The van der Waals surface area contributed by atoms with Crippen LogP contribution in [-0.4, -0.2) is 33.0 Å². The zero-order chi connectivity index (χ0) is 20.7. The van der Waals surface area contributed by atoms with Crippen molar-refractivity contribution in [3.05, 3.63) is 69.8 Å². The molecule has 1 atom stereocenters. The molecule has 0 saturated carbocycles. The molecule has 0 bridgehead atoms. The summed E-state index contributed by atoms with van der Waals surface area (Å²) in [5.74, 6) is -1.77. The van der Waals surface area contributed by atoms with E-state index in [1.54, 1.807) is 30.3 Å². The Balaban J connectivity index is 1.59. The van der Waals surface area contributed by atoms with Gasteiger partial charge in [0.2, 0.25) is 5.91 Å². The first kappa shape index (κ1) is 19.8. The van der Waals surface area contributed by atoms with Gasteiger partial charge < -0.3 is 0 Å². The van der Waals surface area contributed by atoms with Crippen molar-refractivity contribution in [1.29, 1.82) is 0 Å². The van der Waals surface area contributed by atoms with Gasteiger partial charge in [-0.05, 0) is 48.0 Å². The van der Waals surface area contributed by atoms with Crippen LogP contribution in [-0.2, 0) is 14.4 Å². The molecule has 9 heteroatoms. The smallest absolute Gasteiger partial charge is 0.266 e. The van der Waals surface area contributed by atoms with Gasteiger partial charge in [0.25, 0.3) is 11.8 Å². The third-order valence-corrected chi connectivity index (χ3v) is 6.09. The van der Waals surface area contributed by atoms with E-state index in [-0.39, 0.29) is 16.6 Å². The van der Waals surface area contributed by atoms with Crippen LogP contribution in [0.5, 0.6) is 0 Å². The number of thioether (sulfide) groups is 1. The van der Waals surface area contributed by atoms with Crippen LogP contribution in [0, 0.1) is 5.82 Å². The fourth-order valence-corrected chi connectivity index (χ4v) is 4.62. The zero-order valence-electron chi connectivity index (χ0n) is 14.7. The number of amides is 3. The van der Waals surface area contributed by atoms with E-state index < -0.39 is 23.8 Å². The van der Waals surface area contributed by atoms with E-state index in [0.29, 0.717) is 21.2 Å². The number of benzene rings is 2. The zero-order valence-corrected chi connectivity index (χ0v) is 17.1. The molecule has 4 rings (SSSR count). The van der Waals surface area contributed by atoms with Gasteiger partial charge >= 0.3 is 0 Å². The van der Waals surface area contributed by atoms with Crippen molar-refractivity contribution >= 4 is 69.4 Å². The molecule has 146 valence electrons. The Hall–Kier alpha value is -2.55. The van der Waals surface area contributed by atoms with E-state index in [4.69, 9.17) is 23.8 Å². The number of carbonyl (C=O) groups is 3. The predicted molar refractivity (Wildman–Crippen MR) is 114 cm³/mol. The van der Waals surface area contributed by atoms with E-state index in [0.717, 1.165) is 16.7 Å². The van der Waals surface area contributed by atoms with Gasteiger partial charge in [0, 0.05) is 5.02 Å². The molecule has 5 nitrogen and oxygen atoms in total. The molecule has 2 aromatic rings. The summed E-state index contributed by atoms with van der Waals surface area (Å²) in [6.45, 7) is 0. The number of hydrogen-bond donors (Lipinski definition) is 0. The lowest BCUT2D eigenvalue weighted by molar-refractivity contribution is -0.129. The summed E-state index contributed by atoms with van der Waals surface area (Å²) in [6, 6.07) is 10.9. The van der Waals surface area contributed by atoms with Crippen molar-refractivity contribution in [2.75, 3.05) is 4.90 Å². The largest absolute Gasteiger partial charge is 0.280 e. The molecule has 2 saturated heterocycles. The fourth-order valence-electron chi connectivity index (χ4n) is 3.14. The molecule has 2 heterocycles. The van der Waals surface area contributed by atoms with Crippen LogP contribution in [0.2, 0.25) is 5.02 Å². The molecule has 1 unspecified atom stereocenters. The summed E-state index contributed by atoms with van der Waals surface area (Å²) in [5.41, 5.74) is 1.02. The van der Waals surface area contributed by atoms with Gasteiger partial charge in [-0.1, -0.05) is 47.7 Å². The average Bonchev–Trinajstić information content (AvgIpc) is 3.12. The second-order valence-electron chi connectivity index (χ2n) is 6.37. The minimum atomic E-state index is -0.996. The summed E-state index contributed by atoms with van der Waals surface area (Å²) >= 11 is 12.2. The lowest BCUT2D eigenvalue weighted by Gasteiger charge is -2.21. The summed E-state index contributed by atoms with van der Waals surface area (Å²) < 4.78 is 13.3. The number of hydrogen-bond acceptors (Lipinski definition) is 5. The van der Waals surface area contributed by atoms with Crippen molar-refractivity contribution in [2.24, 2.45) is 0 Å². The maximum atomic E-state index is 13.1. The quantitative estimate of drug-likeness (QED) is 0.405. The van der Waals surface area contributed by atoms with E-state index in [1.165, 1.54) is 29.2 Å². The number of halogens is 2. The van der Waals surface area contributed by atoms with Gasteiger partial charge in [-0.3, -0.25) is 19.3 Å². The number of anilines is 1. The summed E-state index contributed by atoms with van der Waals surface area (Å²) in [6.07, 6.45) is 1.43. The van der Waals surface area contributed by atoms with Crippen LogP contribution >= 0.6 is 35.6 Å². The topological polar surface area (TPSA) is 57.7 Å². The maximum absolute atomic E-state index is 13.1. The molecule has 3 amide bonds. The standard InChI is InChI=1S/C20H12ClFN2O3S2/c21-12-3-7-14(8-4-12)23-17(25)10-15(18(23)26)24-19(27)16(29-20(24)28)9-11-1-5-13(22)6-2-11/h1-9,15H,10H2. The van der Waals surface area contributed by atoms with Crippen LogP contribution in [0.3, 0.4) is 0 Å². The Morgan fingerprint density at radius 3 is 2.38 bits per heavy atom. The van der Waals surface area contributed by atoms with E-state index in [9.17, 15) is 18.8 Å². The minimum Gasteiger partial charge on any atom is -0.280 e. The SMILES string of the molecule is O=C1CC(N2C(=O)C(=Cc3ccc(F)cc3)SC2=S)C(=O)N1c1ccc(Cl)cc1. The van der Waals surface area contributed by atoms with Crippen LogP contribution in [0.1, 0.15) is 12.0 Å². The van der Waals surface area contributed by atoms with Crippen molar-refractivity contribution in [3.63, 3.8) is 0 Å². The van der Waals surface area contributed by atoms with Gasteiger partial charge in [0.05, 0.1) is 17.0 Å². The maximum Gasteiger partial charge on any atom is 0.266 e. The molecule has 0 N–H and O–H groups in total. The third kappa shape index (κ3) is 3.71. The molecule has 0 radical (unpaired) electrons. The molecule has 2 aliphatic heterocycles. The normalized spacial score (nSPS) is 21.0. The Bertz CT molecular complexity index is 1070. The van der Waals surface area contributed by atoms with E-state index in [2.05, 4.69) is 0 Å². The van der Waals surface area contributed by atoms with E-state index in [1.807, 2.05) is 0 Å². The van der Waals surface area contributed by atoms with Gasteiger partial charge in [-0.15, -0.1) is 0 Å². The fraction of sp³-hybridized carbons (Fsp3) is 0.100. The summed E-state index contributed by atoms with van der Waals surface area (Å²) in [4.78, 5) is 40.9. The second-order valence-corrected chi connectivity index (χ2v) is 8.48. The third-order valence-electron chi connectivity index (χ3n) is 4.51. The van der Waals surface area contributed by atoms with Crippen LogP contribution in [0.25, 0.3) is 6.08 Å². The van der Waals surface area contributed by atoms with Crippen LogP contribution in [0.15, 0.2) is 53.4 Å². The first-order chi connectivity index (χ1) is 13.8. The Morgan fingerprint density at radius 2 is 1.72 bits per heavy atom. The highest BCUT2D eigenvalue weighted by atomic mass is 35.5. The second kappa shape index (κ2) is 7.70. The molecule has 2 aliphatic rings. The van der Waals surface area contributed by atoms with Gasteiger partial charge in [0.1, 0.15) is 16.2 Å². The number of carbonyl (C=O) groups excluding carboxylic acids is 3. The number of rotatable bonds is 3. The first-order valence-corrected chi connectivity index (χ1v) is 10.1. The molecule has 29 heavy (non-hydrogen) atoms. The van der Waals surface area contributed by atoms with Crippen molar-refractivity contribution in [3.8, 4) is 0 Å². The Kier molecular flexibility index (Phi) is 5.24. The van der Waals surface area contributed by atoms with Crippen LogP contribution < -0.4 is 4.90 Å². The van der Waals surface area contributed by atoms with Crippen molar-refractivity contribution < 1.29 is 18.8 Å². The summed E-state index contributed by atoms with van der Waals surface area (Å²) in [7, 11) is 0. The van der Waals surface area contributed by atoms with Gasteiger partial charge in [-0.2, -0.15) is 0 Å². The predicted octanol–water partition coefficient (Wildman–Crippen LogP) is 4.01. The van der Waals surface area contributed by atoms with Crippen molar-refractivity contribution in [2.45, 2.75) is 12.5 Å². The summed E-state index contributed by atoms with van der Waals surface area (Å²) in [5, 5.41) is 0.479. The van der Waals surface area contributed by atoms with Crippen molar-refractivity contribution in [1.82, 2.24) is 4.90 Å². The molecule has 0 spiro atoms. The molecular weight excluding hydrogens is 435 g/mol. The molecule has 2 fully saturated rings. The number of nitrogens with zero attached hydrogens (tertiary/aromatic N) is 2. The lowest BCUT2D eigenvalue weighted by atomic mass is 10.2. The lowest BCUT2D eigenvalue weighted by Crippen LogP contribution is -2.44. The Morgan fingerprint density at radius 1 is 1.07 bits per heavy atom. The highest BCUT2D eigenvalue weighted by Gasteiger charge is 2.48. The molecule has 2 aromatic carbocycles. The number of thiocarbonyl (C=S) groups is 1. The Labute approximate surface area is 180 Å². The number of imide groups is 1. The molecule has 0 aliphatic carbocycles. The molecule has 0 aromatic heterocycles. The van der Waals surface area contributed by atoms with Gasteiger partial charge in [-0.25, -0.2) is 9.29 Å². The van der Waals surface area contributed by atoms with E-state index >= 15 is 0 Å². The highest BCUT2D eigenvalue weighted by Crippen LogP contribution is 2.37. The first-order valence-electron chi connectivity index (χ1n) is 8.50. The van der Waals surface area contributed by atoms with Crippen LogP contribution in [0.4, 0.5) is 10.1 Å². The minimum absolute atomic E-state index is 0.155. The van der Waals surface area contributed by atoms with Gasteiger partial charge in [0.15, 0.2) is 0 Å². The monoisotopic (exact) mass is 446 g/mol.